The number of fused-ring (bicyclic) bond motifs is 2. The number of carbonyl (C=O) groups is 2. The highest BCUT2D eigenvalue weighted by molar-refractivity contribution is 5.94. The average molecular weight is 714 g/mol. The van der Waals surface area contributed by atoms with Gasteiger partial charge >= 0.3 is 0 Å². The van der Waals surface area contributed by atoms with E-state index in [9.17, 15) is 9.59 Å². The van der Waals surface area contributed by atoms with E-state index in [1.54, 1.807) is 41.4 Å². The maximum Gasteiger partial charge on any atom is 0.274 e. The van der Waals surface area contributed by atoms with Gasteiger partial charge in [-0.1, -0.05) is 60.7 Å². The number of carbonyl (C=O) groups excluding carboxylic acids is 2. The first-order valence-corrected chi connectivity index (χ1v) is 17.3. The van der Waals surface area contributed by atoms with Gasteiger partial charge in [-0.15, -0.1) is 10.2 Å². The Labute approximate surface area is 306 Å². The van der Waals surface area contributed by atoms with E-state index in [0.29, 0.717) is 81.4 Å². The van der Waals surface area contributed by atoms with E-state index < -0.39 is 0 Å². The Bertz CT molecular complexity index is 2140. The Balaban J connectivity index is 0.000000164. The van der Waals surface area contributed by atoms with Gasteiger partial charge in [0.1, 0.15) is 18.9 Å². The Kier molecular flexibility index (Phi) is 10.6. The standard InChI is InChI=1S/C20H20N4O3.C19H19N5O2/c1-26-18-8-7-16(12-21-18)20(25)23-9-10-24-17(13-23)11-19(22-24)27-14-15-5-3-2-4-6-15;1-14-10-21-17(11-20-14)19(25)23-7-8-24-16(12-23)9-18(22-24)26-13-15-5-3-2-4-6-15/h2-8,11-12H,9-10,13-14H2,1H3;2-6,9-11H,7-8,12-13H2,1H3. The SMILES string of the molecule is COc1ccc(C(=O)N2CCn3nc(OCc4ccccc4)cc3C2)cn1.Cc1cnc(C(=O)N2CCn3nc(OCc4ccccc4)cc3C2)cn1. The smallest absolute Gasteiger partial charge is 0.274 e. The quantitative estimate of drug-likeness (QED) is 0.206. The van der Waals surface area contributed by atoms with Gasteiger partial charge in [0, 0.05) is 43.7 Å². The Morgan fingerprint density at radius 3 is 1.68 bits per heavy atom. The fraction of sp³-hybridized carbons (Fsp3) is 0.256. The van der Waals surface area contributed by atoms with Crippen LogP contribution in [0.1, 0.15) is 49.1 Å². The molecule has 53 heavy (non-hydrogen) atoms. The van der Waals surface area contributed by atoms with Crippen LogP contribution in [-0.4, -0.2) is 76.3 Å². The van der Waals surface area contributed by atoms with Gasteiger partial charge in [0.05, 0.1) is 62.1 Å². The van der Waals surface area contributed by atoms with E-state index in [1.807, 2.05) is 89.1 Å². The van der Waals surface area contributed by atoms with Crippen LogP contribution in [0, 0.1) is 6.92 Å². The molecule has 0 bridgehead atoms. The zero-order valence-corrected chi connectivity index (χ0v) is 29.5. The number of hydrogen-bond donors (Lipinski definition) is 0. The molecule has 2 aromatic carbocycles. The summed E-state index contributed by atoms with van der Waals surface area (Å²) < 4.78 is 20.4. The first-order chi connectivity index (χ1) is 25.9. The summed E-state index contributed by atoms with van der Waals surface area (Å²) in [4.78, 5) is 41.3. The maximum atomic E-state index is 12.7. The van der Waals surface area contributed by atoms with E-state index in [-0.39, 0.29) is 11.8 Å². The third kappa shape index (κ3) is 8.67. The monoisotopic (exact) mass is 713 g/mol. The molecule has 0 saturated heterocycles. The molecule has 0 spiro atoms. The summed E-state index contributed by atoms with van der Waals surface area (Å²) in [5.41, 5.74) is 5.79. The van der Waals surface area contributed by atoms with E-state index >= 15 is 0 Å². The van der Waals surface area contributed by atoms with Crippen molar-refractivity contribution in [2.75, 3.05) is 20.2 Å². The number of methoxy groups -OCH3 is 1. The Hall–Kier alpha value is -6.57. The molecule has 14 heteroatoms. The van der Waals surface area contributed by atoms with Crippen LogP contribution < -0.4 is 14.2 Å². The van der Waals surface area contributed by atoms with E-state index in [1.165, 1.54) is 6.20 Å². The predicted octanol–water partition coefficient (Wildman–Crippen LogP) is 4.74. The molecule has 0 radical (unpaired) electrons. The topological polar surface area (TPSA) is 143 Å². The summed E-state index contributed by atoms with van der Waals surface area (Å²) in [6, 6.07) is 27.1. The normalized spacial score (nSPS) is 13.2. The molecule has 8 rings (SSSR count). The molecular weight excluding hydrogens is 674 g/mol. The molecular formula is C39H39N9O5. The van der Waals surface area contributed by atoms with Gasteiger partial charge in [-0.3, -0.25) is 23.9 Å². The minimum atomic E-state index is -0.114. The van der Waals surface area contributed by atoms with Gasteiger partial charge in [0.2, 0.25) is 17.6 Å². The minimum absolute atomic E-state index is 0.0515. The zero-order valence-electron chi connectivity index (χ0n) is 29.5. The molecule has 2 amide bonds. The van der Waals surface area contributed by atoms with Crippen LogP contribution in [0.4, 0.5) is 0 Å². The number of rotatable bonds is 9. The number of ether oxygens (including phenoxy) is 3. The Morgan fingerprint density at radius 1 is 0.623 bits per heavy atom. The highest BCUT2D eigenvalue weighted by Crippen LogP contribution is 2.22. The molecule has 0 N–H and O–H groups in total. The minimum Gasteiger partial charge on any atom is -0.481 e. The summed E-state index contributed by atoms with van der Waals surface area (Å²) in [6.07, 6.45) is 4.68. The summed E-state index contributed by atoms with van der Waals surface area (Å²) in [7, 11) is 1.55. The molecule has 4 aromatic heterocycles. The molecule has 0 saturated carbocycles. The van der Waals surface area contributed by atoms with Crippen molar-refractivity contribution in [1.82, 2.24) is 44.3 Å². The second kappa shape index (κ2) is 16.2. The molecule has 0 atom stereocenters. The van der Waals surface area contributed by atoms with Crippen LogP contribution >= 0.6 is 0 Å². The van der Waals surface area contributed by atoms with E-state index in [2.05, 4.69) is 25.1 Å². The van der Waals surface area contributed by atoms with E-state index in [4.69, 9.17) is 14.2 Å². The first-order valence-electron chi connectivity index (χ1n) is 17.3. The van der Waals surface area contributed by atoms with Crippen LogP contribution in [0.5, 0.6) is 17.6 Å². The molecule has 0 unspecified atom stereocenters. The van der Waals surface area contributed by atoms with Crippen molar-refractivity contribution < 1.29 is 23.8 Å². The van der Waals surface area contributed by atoms with Gasteiger partial charge in [-0.25, -0.2) is 9.97 Å². The van der Waals surface area contributed by atoms with Crippen LogP contribution in [0.3, 0.4) is 0 Å². The van der Waals surface area contributed by atoms with Crippen LogP contribution in [0.15, 0.2) is 104 Å². The lowest BCUT2D eigenvalue weighted by Gasteiger charge is -2.27. The number of hydrogen-bond acceptors (Lipinski definition) is 10. The van der Waals surface area contributed by atoms with Gasteiger partial charge in [0.15, 0.2) is 0 Å². The molecule has 0 fully saturated rings. The summed E-state index contributed by atoms with van der Waals surface area (Å²) >= 11 is 0. The second-order valence-electron chi connectivity index (χ2n) is 12.5. The molecule has 0 aliphatic carbocycles. The zero-order chi connectivity index (χ0) is 36.6. The lowest BCUT2D eigenvalue weighted by Crippen LogP contribution is -2.38. The number of nitrogens with zero attached hydrogens (tertiary/aromatic N) is 9. The van der Waals surface area contributed by atoms with Crippen LogP contribution in [-0.2, 0) is 39.4 Å². The molecule has 2 aliphatic heterocycles. The maximum absolute atomic E-state index is 12.7. The van der Waals surface area contributed by atoms with Gasteiger partial charge in [0.25, 0.3) is 11.8 Å². The molecule has 14 nitrogen and oxygen atoms in total. The third-order valence-corrected chi connectivity index (χ3v) is 8.78. The molecule has 6 heterocycles. The van der Waals surface area contributed by atoms with Crippen LogP contribution in [0.25, 0.3) is 0 Å². The Morgan fingerprint density at radius 2 is 1.19 bits per heavy atom. The van der Waals surface area contributed by atoms with Crippen molar-refractivity contribution in [3.8, 4) is 17.6 Å². The molecule has 2 aliphatic rings. The lowest BCUT2D eigenvalue weighted by atomic mass is 10.2. The van der Waals surface area contributed by atoms with E-state index in [0.717, 1.165) is 28.2 Å². The highest BCUT2D eigenvalue weighted by Gasteiger charge is 2.26. The largest absolute Gasteiger partial charge is 0.481 e. The fourth-order valence-electron chi connectivity index (χ4n) is 5.91. The lowest BCUT2D eigenvalue weighted by molar-refractivity contribution is 0.0694. The van der Waals surface area contributed by atoms with Crippen molar-refractivity contribution >= 4 is 11.8 Å². The number of benzene rings is 2. The molecule has 6 aromatic rings. The highest BCUT2D eigenvalue weighted by atomic mass is 16.5. The third-order valence-electron chi connectivity index (χ3n) is 8.78. The van der Waals surface area contributed by atoms with Crippen molar-refractivity contribution in [3.05, 3.63) is 143 Å². The van der Waals surface area contributed by atoms with Crippen molar-refractivity contribution in [3.63, 3.8) is 0 Å². The summed E-state index contributed by atoms with van der Waals surface area (Å²) in [5, 5.41) is 8.96. The first kappa shape index (κ1) is 34.9. The number of amides is 2. The van der Waals surface area contributed by atoms with Crippen LogP contribution in [0.2, 0.25) is 0 Å². The summed E-state index contributed by atoms with van der Waals surface area (Å²) in [6.45, 7) is 6.21. The number of aromatic nitrogens is 7. The predicted molar refractivity (Wildman–Crippen MR) is 193 cm³/mol. The number of pyridine rings is 1. The number of aryl methyl sites for hydroxylation is 1. The van der Waals surface area contributed by atoms with Crippen molar-refractivity contribution in [1.29, 1.82) is 0 Å². The average Bonchev–Trinajstić information content (AvgIpc) is 3.83. The van der Waals surface area contributed by atoms with Gasteiger partial charge < -0.3 is 24.0 Å². The van der Waals surface area contributed by atoms with Gasteiger partial charge in [-0.2, -0.15) is 0 Å². The molecule has 270 valence electrons. The van der Waals surface area contributed by atoms with Crippen molar-refractivity contribution in [2.24, 2.45) is 0 Å². The fourth-order valence-corrected chi connectivity index (χ4v) is 5.91. The van der Waals surface area contributed by atoms with Gasteiger partial charge in [-0.05, 0) is 24.1 Å². The van der Waals surface area contributed by atoms with Crippen molar-refractivity contribution in [2.45, 2.75) is 46.3 Å². The summed E-state index contributed by atoms with van der Waals surface area (Å²) in [5.74, 6) is 1.48. The second-order valence-corrected chi connectivity index (χ2v) is 12.5.